The topological polar surface area (TPSA) is 98.7 Å². The van der Waals surface area contributed by atoms with Crippen LogP contribution in [0.3, 0.4) is 0 Å². The minimum atomic E-state index is -3.68. The lowest BCUT2D eigenvalue weighted by atomic mass is 10.2. The molecule has 8 nitrogen and oxygen atoms in total. The number of sulfonamides is 1. The second kappa shape index (κ2) is 7.56. The van der Waals surface area contributed by atoms with Crippen LogP contribution in [0.2, 0.25) is 5.02 Å². The van der Waals surface area contributed by atoms with Crippen LogP contribution in [0.5, 0.6) is 6.01 Å². The number of methoxy groups -OCH3 is 1. The number of hydrogen-bond acceptors (Lipinski definition) is 7. The van der Waals surface area contributed by atoms with Crippen molar-refractivity contribution in [3.05, 3.63) is 47.2 Å². The number of ether oxygens (including phenoxy) is 2. The summed E-state index contributed by atoms with van der Waals surface area (Å²) in [7, 11) is -2.41. The van der Waals surface area contributed by atoms with Crippen molar-refractivity contribution in [3.8, 4) is 6.01 Å². The van der Waals surface area contributed by atoms with Gasteiger partial charge in [-0.3, -0.25) is 0 Å². The van der Waals surface area contributed by atoms with Crippen molar-refractivity contribution in [1.29, 1.82) is 0 Å². The van der Waals surface area contributed by atoms with Gasteiger partial charge in [-0.1, -0.05) is 11.6 Å². The number of benzene rings is 1. The van der Waals surface area contributed by atoms with E-state index >= 15 is 0 Å². The molecular weight excluding hydrogens is 382 g/mol. The Kier molecular flexibility index (Phi) is 5.40. The van der Waals surface area contributed by atoms with Crippen LogP contribution in [0, 0.1) is 0 Å². The molecule has 0 bridgehead atoms. The molecule has 0 N–H and O–H groups in total. The van der Waals surface area contributed by atoms with E-state index in [1.54, 1.807) is 0 Å². The van der Waals surface area contributed by atoms with Crippen molar-refractivity contribution in [3.63, 3.8) is 0 Å². The van der Waals surface area contributed by atoms with Crippen LogP contribution in [0.1, 0.15) is 16.8 Å². The third-order valence-electron chi connectivity index (χ3n) is 3.89. The van der Waals surface area contributed by atoms with Gasteiger partial charge in [-0.25, -0.2) is 23.2 Å². The Morgan fingerprint density at radius 3 is 2.50 bits per heavy atom. The van der Waals surface area contributed by atoms with Crippen molar-refractivity contribution in [2.75, 3.05) is 20.2 Å². The van der Waals surface area contributed by atoms with Gasteiger partial charge in [0.2, 0.25) is 10.0 Å². The highest BCUT2D eigenvalue weighted by molar-refractivity contribution is 7.89. The maximum Gasteiger partial charge on any atom is 0.337 e. The van der Waals surface area contributed by atoms with Gasteiger partial charge in [-0.05, 0) is 30.7 Å². The third-order valence-corrected chi connectivity index (χ3v) is 5.96. The van der Waals surface area contributed by atoms with Gasteiger partial charge >= 0.3 is 12.0 Å². The number of hydrogen-bond donors (Lipinski definition) is 0. The highest BCUT2D eigenvalue weighted by Gasteiger charge is 2.34. The second-order valence-corrected chi connectivity index (χ2v) is 7.97. The molecule has 1 aliphatic rings. The van der Waals surface area contributed by atoms with E-state index in [1.165, 1.54) is 48.1 Å². The Labute approximate surface area is 155 Å². The lowest BCUT2D eigenvalue weighted by Gasteiger charge is -2.17. The van der Waals surface area contributed by atoms with Crippen LogP contribution in [0.25, 0.3) is 0 Å². The molecule has 1 fully saturated rings. The predicted octanol–water partition coefficient (Wildman–Crippen LogP) is 1.76. The number of carbonyl (C=O) groups is 1. The van der Waals surface area contributed by atoms with E-state index in [1.807, 2.05) is 0 Å². The molecule has 0 saturated carbocycles. The molecule has 2 aromatic rings. The highest BCUT2D eigenvalue weighted by atomic mass is 35.5. The standard InChI is InChI=1S/C16H16ClN3O5S/c1-24-15(21)11-2-4-14(5-3-11)26(22,23)20-7-6-13(10-20)25-16-18-8-12(17)9-19-16/h2-5,8-9,13H,6-7,10H2,1H3. The van der Waals surface area contributed by atoms with Gasteiger partial charge in [0.25, 0.3) is 0 Å². The summed E-state index contributed by atoms with van der Waals surface area (Å²) in [5, 5.41) is 0.392. The molecule has 26 heavy (non-hydrogen) atoms. The molecular formula is C16H16ClN3O5S. The fourth-order valence-electron chi connectivity index (χ4n) is 2.55. The van der Waals surface area contributed by atoms with E-state index in [-0.39, 0.29) is 29.1 Å². The van der Waals surface area contributed by atoms with Crippen LogP contribution in [-0.4, -0.2) is 55.0 Å². The first-order chi connectivity index (χ1) is 12.4. The van der Waals surface area contributed by atoms with Gasteiger partial charge in [-0.2, -0.15) is 4.31 Å². The summed E-state index contributed by atoms with van der Waals surface area (Å²) in [4.78, 5) is 19.4. The fourth-order valence-corrected chi connectivity index (χ4v) is 4.14. The number of carbonyl (C=O) groups excluding carboxylic acids is 1. The first-order valence-electron chi connectivity index (χ1n) is 7.73. The zero-order chi connectivity index (χ0) is 18.7. The summed E-state index contributed by atoms with van der Waals surface area (Å²) in [6.07, 6.45) is 3.00. The van der Waals surface area contributed by atoms with Gasteiger partial charge < -0.3 is 9.47 Å². The first kappa shape index (κ1) is 18.6. The molecule has 1 saturated heterocycles. The van der Waals surface area contributed by atoms with Crippen LogP contribution in [0.4, 0.5) is 0 Å². The smallest absolute Gasteiger partial charge is 0.337 e. The van der Waals surface area contributed by atoms with Gasteiger partial charge in [0.15, 0.2) is 0 Å². The minimum Gasteiger partial charge on any atom is -0.465 e. The number of esters is 1. The van der Waals surface area contributed by atoms with Crippen molar-refractivity contribution < 1.29 is 22.7 Å². The highest BCUT2D eigenvalue weighted by Crippen LogP contribution is 2.23. The van der Waals surface area contributed by atoms with Gasteiger partial charge in [0.05, 0.1) is 41.5 Å². The maximum absolute atomic E-state index is 12.7. The van der Waals surface area contributed by atoms with E-state index in [0.717, 1.165) is 0 Å². The molecule has 138 valence electrons. The summed E-state index contributed by atoms with van der Waals surface area (Å²) in [6.45, 7) is 0.506. The summed E-state index contributed by atoms with van der Waals surface area (Å²) in [6, 6.07) is 5.77. The molecule has 1 atom stereocenters. The van der Waals surface area contributed by atoms with Crippen molar-refractivity contribution in [2.24, 2.45) is 0 Å². The molecule has 10 heteroatoms. The third kappa shape index (κ3) is 3.95. The van der Waals surface area contributed by atoms with Gasteiger partial charge in [0.1, 0.15) is 6.10 Å². The summed E-state index contributed by atoms with van der Waals surface area (Å²) >= 11 is 5.72. The van der Waals surface area contributed by atoms with Crippen LogP contribution in [0.15, 0.2) is 41.6 Å². The van der Waals surface area contributed by atoms with Crippen LogP contribution >= 0.6 is 11.6 Å². The van der Waals surface area contributed by atoms with E-state index in [9.17, 15) is 13.2 Å². The summed E-state index contributed by atoms with van der Waals surface area (Å²) in [5.74, 6) is -0.522. The Morgan fingerprint density at radius 2 is 1.88 bits per heavy atom. The molecule has 1 aliphatic heterocycles. The Morgan fingerprint density at radius 1 is 1.23 bits per heavy atom. The molecule has 1 unspecified atom stereocenters. The molecule has 1 aromatic heterocycles. The average Bonchev–Trinajstić information content (AvgIpc) is 3.12. The Bertz CT molecular complexity index is 887. The summed E-state index contributed by atoms with van der Waals surface area (Å²) in [5.41, 5.74) is 0.286. The molecule has 0 radical (unpaired) electrons. The number of aromatic nitrogens is 2. The molecule has 2 heterocycles. The quantitative estimate of drug-likeness (QED) is 0.709. The largest absolute Gasteiger partial charge is 0.465 e. The van der Waals surface area contributed by atoms with E-state index in [0.29, 0.717) is 18.0 Å². The molecule has 0 aliphatic carbocycles. The van der Waals surface area contributed by atoms with Gasteiger partial charge in [-0.15, -0.1) is 0 Å². The maximum atomic E-state index is 12.7. The van der Waals surface area contributed by atoms with Gasteiger partial charge in [0, 0.05) is 6.54 Å². The number of nitrogens with zero attached hydrogens (tertiary/aromatic N) is 3. The van der Waals surface area contributed by atoms with E-state index in [2.05, 4.69) is 14.7 Å². The normalized spacial score (nSPS) is 17.8. The van der Waals surface area contributed by atoms with E-state index < -0.39 is 16.0 Å². The lowest BCUT2D eigenvalue weighted by molar-refractivity contribution is 0.0600. The Hall–Kier alpha value is -2.23. The van der Waals surface area contributed by atoms with E-state index in [4.69, 9.17) is 16.3 Å². The first-order valence-corrected chi connectivity index (χ1v) is 9.54. The molecule has 3 rings (SSSR count). The number of rotatable bonds is 5. The van der Waals surface area contributed by atoms with Crippen LogP contribution < -0.4 is 4.74 Å². The average molecular weight is 398 g/mol. The zero-order valence-corrected chi connectivity index (χ0v) is 15.4. The van der Waals surface area contributed by atoms with Crippen molar-refractivity contribution in [2.45, 2.75) is 17.4 Å². The molecule has 0 amide bonds. The fraction of sp³-hybridized carbons (Fsp3) is 0.312. The van der Waals surface area contributed by atoms with Crippen molar-refractivity contribution >= 4 is 27.6 Å². The lowest BCUT2D eigenvalue weighted by Crippen LogP contribution is -2.31. The molecule has 1 aromatic carbocycles. The van der Waals surface area contributed by atoms with Crippen molar-refractivity contribution in [1.82, 2.24) is 14.3 Å². The summed E-state index contributed by atoms with van der Waals surface area (Å²) < 4.78 is 37.0. The Balaban J connectivity index is 1.68. The monoisotopic (exact) mass is 397 g/mol. The minimum absolute atomic E-state index is 0.105. The second-order valence-electron chi connectivity index (χ2n) is 5.59. The van der Waals surface area contributed by atoms with Crippen LogP contribution in [-0.2, 0) is 14.8 Å². The predicted molar refractivity (Wildman–Crippen MR) is 92.6 cm³/mol. The zero-order valence-electron chi connectivity index (χ0n) is 13.8. The SMILES string of the molecule is COC(=O)c1ccc(S(=O)(=O)N2CCC(Oc3ncc(Cl)cn3)C2)cc1. The number of halogens is 1. The molecule has 0 spiro atoms.